The van der Waals surface area contributed by atoms with Crippen LogP contribution >= 0.6 is 0 Å². The van der Waals surface area contributed by atoms with E-state index in [1.165, 1.54) is 0 Å². The highest BCUT2D eigenvalue weighted by molar-refractivity contribution is 6.03. The van der Waals surface area contributed by atoms with E-state index in [1.54, 1.807) is 35.6 Å². The highest BCUT2D eigenvalue weighted by Crippen LogP contribution is 2.22. The van der Waals surface area contributed by atoms with Gasteiger partial charge in [0.25, 0.3) is 5.91 Å². The average molecular weight is 328 g/mol. The number of fused-ring (bicyclic) bond motifs is 1. The van der Waals surface area contributed by atoms with E-state index in [1.807, 2.05) is 0 Å². The van der Waals surface area contributed by atoms with Crippen molar-refractivity contribution in [3.63, 3.8) is 0 Å². The molecule has 0 unspecified atom stereocenters. The highest BCUT2D eigenvalue weighted by Gasteiger charge is 2.24. The number of alkyl halides is 1. The number of hydrogen-bond acceptors (Lipinski definition) is 4. The molecule has 1 saturated carbocycles. The molecule has 24 heavy (non-hydrogen) atoms. The fourth-order valence-corrected chi connectivity index (χ4v) is 3.04. The minimum absolute atomic E-state index is 0.0128. The van der Waals surface area contributed by atoms with Gasteiger partial charge in [-0.05, 0) is 31.7 Å². The monoisotopic (exact) mass is 328 g/mol. The Labute approximate surface area is 137 Å². The quantitative estimate of drug-likeness (QED) is 0.771. The third-order valence-electron chi connectivity index (χ3n) is 4.34. The van der Waals surface area contributed by atoms with Gasteiger partial charge in [0.2, 0.25) is 5.95 Å². The Morgan fingerprint density at radius 3 is 2.88 bits per heavy atom. The maximum atomic E-state index is 13.2. The normalized spacial score (nSPS) is 21.0. The molecule has 1 amide bonds. The lowest BCUT2D eigenvalue weighted by atomic mass is 9.94. The zero-order valence-electron chi connectivity index (χ0n) is 12.9. The Kier molecular flexibility index (Phi) is 3.72. The largest absolute Gasteiger partial charge is 0.358 e. The standard InChI is InChI=1S/C16H17FN6O/c17-10-1-3-11(4-2-10)20-15(24)14-13-12(5-6-19-13)21-16(22-14)23-8-7-18-9-23/h5-11,19H,1-4H2,(H,20,24)/t10-,11-. The number of hydrogen-bond donors (Lipinski definition) is 2. The summed E-state index contributed by atoms with van der Waals surface area (Å²) in [6.07, 6.45) is 8.19. The number of aromatic amines is 1. The van der Waals surface area contributed by atoms with E-state index < -0.39 is 6.17 Å². The van der Waals surface area contributed by atoms with Crippen molar-refractivity contribution in [2.45, 2.75) is 37.9 Å². The minimum atomic E-state index is -0.750. The Morgan fingerprint density at radius 2 is 2.12 bits per heavy atom. The van der Waals surface area contributed by atoms with Crippen LogP contribution in [-0.2, 0) is 0 Å². The summed E-state index contributed by atoms with van der Waals surface area (Å²) in [7, 11) is 0. The molecule has 0 spiro atoms. The van der Waals surface area contributed by atoms with Gasteiger partial charge in [-0.2, -0.15) is 0 Å². The fourth-order valence-electron chi connectivity index (χ4n) is 3.04. The van der Waals surface area contributed by atoms with Crippen LogP contribution < -0.4 is 5.32 Å². The summed E-state index contributed by atoms with van der Waals surface area (Å²) in [4.78, 5) is 28.5. The van der Waals surface area contributed by atoms with Gasteiger partial charge >= 0.3 is 0 Å². The number of imidazole rings is 1. The van der Waals surface area contributed by atoms with Gasteiger partial charge in [-0.15, -0.1) is 0 Å². The van der Waals surface area contributed by atoms with Crippen LogP contribution in [-0.4, -0.2) is 42.6 Å². The van der Waals surface area contributed by atoms with E-state index in [-0.39, 0.29) is 17.6 Å². The molecule has 3 heterocycles. The van der Waals surface area contributed by atoms with Gasteiger partial charge in [-0.25, -0.2) is 19.3 Å². The third kappa shape index (κ3) is 2.75. The van der Waals surface area contributed by atoms with Gasteiger partial charge in [-0.3, -0.25) is 9.36 Å². The smallest absolute Gasteiger partial charge is 0.272 e. The molecular formula is C16H17FN6O. The van der Waals surface area contributed by atoms with Crippen LogP contribution in [0.15, 0.2) is 31.0 Å². The first-order chi connectivity index (χ1) is 11.7. The van der Waals surface area contributed by atoms with Crippen LogP contribution in [0.2, 0.25) is 0 Å². The number of amides is 1. The molecule has 0 aromatic carbocycles. The number of carbonyl (C=O) groups excluding carboxylic acids is 1. The number of rotatable bonds is 3. The summed E-state index contributed by atoms with van der Waals surface area (Å²) in [6.45, 7) is 0. The van der Waals surface area contributed by atoms with E-state index in [4.69, 9.17) is 0 Å². The number of H-pyrrole nitrogens is 1. The van der Waals surface area contributed by atoms with Gasteiger partial charge in [0.05, 0.1) is 11.0 Å². The third-order valence-corrected chi connectivity index (χ3v) is 4.34. The number of carbonyl (C=O) groups is 1. The van der Waals surface area contributed by atoms with Crippen molar-refractivity contribution in [2.75, 3.05) is 0 Å². The number of aromatic nitrogens is 5. The van der Waals surface area contributed by atoms with Crippen LogP contribution in [0.1, 0.15) is 36.2 Å². The van der Waals surface area contributed by atoms with Gasteiger partial charge in [-0.1, -0.05) is 0 Å². The number of nitrogens with zero attached hydrogens (tertiary/aromatic N) is 4. The molecule has 8 heteroatoms. The van der Waals surface area contributed by atoms with Crippen molar-refractivity contribution >= 4 is 16.9 Å². The van der Waals surface area contributed by atoms with E-state index in [9.17, 15) is 9.18 Å². The Bertz CT molecular complexity index is 851. The summed E-state index contributed by atoms with van der Waals surface area (Å²) in [5.41, 5.74) is 1.54. The minimum Gasteiger partial charge on any atom is -0.358 e. The van der Waals surface area contributed by atoms with E-state index in [2.05, 4.69) is 25.3 Å². The molecule has 0 aliphatic heterocycles. The lowest BCUT2D eigenvalue weighted by Gasteiger charge is -2.25. The first-order valence-electron chi connectivity index (χ1n) is 7.99. The molecule has 0 radical (unpaired) electrons. The van der Waals surface area contributed by atoms with Crippen LogP contribution in [0.25, 0.3) is 17.0 Å². The molecule has 0 saturated heterocycles. The maximum absolute atomic E-state index is 13.2. The first-order valence-corrected chi connectivity index (χ1v) is 7.99. The predicted octanol–water partition coefficient (Wildman–Crippen LogP) is 2.15. The van der Waals surface area contributed by atoms with Crippen LogP contribution in [0.4, 0.5) is 4.39 Å². The van der Waals surface area contributed by atoms with Crippen LogP contribution in [0.3, 0.4) is 0 Å². The van der Waals surface area contributed by atoms with Gasteiger partial charge in [0.15, 0.2) is 5.69 Å². The Hall–Kier alpha value is -2.77. The number of halogens is 1. The first kappa shape index (κ1) is 14.8. The molecule has 1 fully saturated rings. The van der Waals surface area contributed by atoms with Crippen molar-refractivity contribution in [1.82, 2.24) is 29.8 Å². The zero-order valence-corrected chi connectivity index (χ0v) is 12.9. The molecule has 1 aliphatic rings. The number of nitrogens with one attached hydrogen (secondary N) is 2. The predicted molar refractivity (Wildman–Crippen MR) is 85.6 cm³/mol. The summed E-state index contributed by atoms with van der Waals surface area (Å²) in [6, 6.07) is 1.78. The summed E-state index contributed by atoms with van der Waals surface area (Å²) < 4.78 is 14.9. The molecule has 3 aromatic rings. The van der Waals surface area contributed by atoms with Crippen LogP contribution in [0, 0.1) is 0 Å². The maximum Gasteiger partial charge on any atom is 0.272 e. The van der Waals surface area contributed by atoms with Gasteiger partial charge < -0.3 is 10.3 Å². The second-order valence-corrected chi connectivity index (χ2v) is 6.00. The van der Waals surface area contributed by atoms with E-state index in [0.29, 0.717) is 42.7 Å². The van der Waals surface area contributed by atoms with Crippen molar-refractivity contribution in [3.8, 4) is 5.95 Å². The summed E-state index contributed by atoms with van der Waals surface area (Å²) in [5, 5.41) is 2.97. The lowest BCUT2D eigenvalue weighted by molar-refractivity contribution is 0.0912. The molecule has 0 atom stereocenters. The molecule has 4 rings (SSSR count). The molecule has 3 aromatic heterocycles. The van der Waals surface area contributed by atoms with Crippen molar-refractivity contribution < 1.29 is 9.18 Å². The Morgan fingerprint density at radius 1 is 1.29 bits per heavy atom. The second-order valence-electron chi connectivity index (χ2n) is 6.00. The fraction of sp³-hybridized carbons (Fsp3) is 0.375. The summed E-state index contributed by atoms with van der Waals surface area (Å²) in [5.74, 6) is 0.116. The lowest BCUT2D eigenvalue weighted by Crippen LogP contribution is -2.38. The molecule has 124 valence electrons. The molecule has 0 bridgehead atoms. The zero-order chi connectivity index (χ0) is 16.5. The Balaban J connectivity index is 1.65. The van der Waals surface area contributed by atoms with E-state index >= 15 is 0 Å². The molecule has 7 nitrogen and oxygen atoms in total. The van der Waals surface area contributed by atoms with Gasteiger partial charge in [0, 0.05) is 24.6 Å². The van der Waals surface area contributed by atoms with Crippen LogP contribution in [0.5, 0.6) is 0 Å². The van der Waals surface area contributed by atoms with Crippen molar-refractivity contribution in [1.29, 1.82) is 0 Å². The van der Waals surface area contributed by atoms with Crippen molar-refractivity contribution in [3.05, 3.63) is 36.7 Å². The molecule has 2 N–H and O–H groups in total. The highest BCUT2D eigenvalue weighted by atomic mass is 19.1. The van der Waals surface area contributed by atoms with E-state index in [0.717, 1.165) is 0 Å². The van der Waals surface area contributed by atoms with Crippen molar-refractivity contribution in [2.24, 2.45) is 0 Å². The topological polar surface area (TPSA) is 88.5 Å². The molecule has 1 aliphatic carbocycles. The van der Waals surface area contributed by atoms with Gasteiger partial charge in [0.1, 0.15) is 12.5 Å². The second kappa shape index (κ2) is 6.03. The molecular weight excluding hydrogens is 311 g/mol. The average Bonchev–Trinajstić information content (AvgIpc) is 3.27. The SMILES string of the molecule is O=C(N[C@H]1CC[C@H](F)CC1)c1nc(-n2ccnc2)nc2cc[nH]c12. The summed E-state index contributed by atoms with van der Waals surface area (Å²) >= 11 is 0.